The van der Waals surface area contributed by atoms with E-state index in [1.807, 2.05) is 18.2 Å². The summed E-state index contributed by atoms with van der Waals surface area (Å²) in [6.07, 6.45) is 2.64. The van der Waals surface area contributed by atoms with E-state index in [9.17, 15) is 0 Å². The fourth-order valence-corrected chi connectivity index (χ4v) is 1.91. The molecular weight excluding hydrogens is 224 g/mol. The van der Waals surface area contributed by atoms with Gasteiger partial charge in [-0.1, -0.05) is 12.6 Å². The minimum atomic E-state index is 0.740. The summed E-state index contributed by atoms with van der Waals surface area (Å²) in [7, 11) is 3.77. The van der Waals surface area contributed by atoms with Gasteiger partial charge in [0, 0.05) is 37.9 Å². The highest BCUT2D eigenvalue weighted by atomic mass is 16.5. The van der Waals surface area contributed by atoms with E-state index < -0.39 is 0 Å². The maximum Gasteiger partial charge on any atom is 0.120 e. The van der Waals surface area contributed by atoms with E-state index in [4.69, 9.17) is 4.74 Å². The van der Waals surface area contributed by atoms with Gasteiger partial charge in [0.05, 0.1) is 7.11 Å². The van der Waals surface area contributed by atoms with Crippen molar-refractivity contribution >= 4 is 5.69 Å². The molecule has 1 saturated carbocycles. The Kier molecular flexibility index (Phi) is 4.26. The van der Waals surface area contributed by atoms with E-state index in [-0.39, 0.29) is 0 Å². The number of hydrogen-bond donors (Lipinski definition) is 1. The highest BCUT2D eigenvalue weighted by Gasteiger charge is 2.20. The van der Waals surface area contributed by atoms with Crippen molar-refractivity contribution < 1.29 is 4.74 Å². The van der Waals surface area contributed by atoms with E-state index in [1.165, 1.54) is 18.4 Å². The van der Waals surface area contributed by atoms with Crippen molar-refractivity contribution in [3.05, 3.63) is 36.4 Å². The summed E-state index contributed by atoms with van der Waals surface area (Å²) in [6.45, 7) is 5.91. The number of nitrogens with zero attached hydrogens (tertiary/aromatic N) is 1. The van der Waals surface area contributed by atoms with Crippen LogP contribution in [0.25, 0.3) is 0 Å². The van der Waals surface area contributed by atoms with Gasteiger partial charge < -0.3 is 15.0 Å². The number of ether oxygens (including phenoxy) is 1. The molecule has 1 aromatic carbocycles. The molecule has 3 nitrogen and oxygen atoms in total. The first-order valence-corrected chi connectivity index (χ1v) is 6.44. The molecule has 1 aromatic rings. The van der Waals surface area contributed by atoms with Crippen LogP contribution >= 0.6 is 0 Å². The molecule has 0 saturated heterocycles. The summed E-state index contributed by atoms with van der Waals surface area (Å²) in [5.41, 5.74) is 2.37. The number of benzene rings is 1. The van der Waals surface area contributed by atoms with Crippen molar-refractivity contribution in [2.45, 2.75) is 18.9 Å². The minimum absolute atomic E-state index is 0.740. The lowest BCUT2D eigenvalue weighted by Gasteiger charge is -2.21. The van der Waals surface area contributed by atoms with Crippen molar-refractivity contribution in [3.63, 3.8) is 0 Å². The third-order valence-electron chi connectivity index (χ3n) is 3.17. The standard InChI is InChI=1S/C15H22N2O/c1-12(10-16-13-7-8-13)11-17(2)14-5-4-6-15(9-14)18-3/h4-6,9,13,16H,1,7-8,10-11H2,2-3H3. The lowest BCUT2D eigenvalue weighted by Crippen LogP contribution is -2.26. The second-order valence-electron chi connectivity index (χ2n) is 4.96. The van der Waals surface area contributed by atoms with Crippen LogP contribution in [0.3, 0.4) is 0 Å². The van der Waals surface area contributed by atoms with Crippen molar-refractivity contribution in [2.24, 2.45) is 0 Å². The summed E-state index contributed by atoms with van der Waals surface area (Å²) in [5, 5.41) is 3.48. The molecule has 2 rings (SSSR count). The number of likely N-dealkylation sites (N-methyl/N-ethyl adjacent to an activating group) is 1. The van der Waals surface area contributed by atoms with Crippen molar-refractivity contribution in [2.75, 3.05) is 32.1 Å². The monoisotopic (exact) mass is 246 g/mol. The van der Waals surface area contributed by atoms with Gasteiger partial charge in [-0.25, -0.2) is 0 Å². The molecule has 0 aliphatic heterocycles. The molecule has 18 heavy (non-hydrogen) atoms. The van der Waals surface area contributed by atoms with E-state index in [0.717, 1.165) is 30.6 Å². The fraction of sp³-hybridized carbons (Fsp3) is 0.467. The van der Waals surface area contributed by atoms with Gasteiger partial charge in [0.25, 0.3) is 0 Å². The number of anilines is 1. The molecule has 0 heterocycles. The third-order valence-corrected chi connectivity index (χ3v) is 3.17. The number of hydrogen-bond acceptors (Lipinski definition) is 3. The van der Waals surface area contributed by atoms with Gasteiger partial charge >= 0.3 is 0 Å². The van der Waals surface area contributed by atoms with Crippen LogP contribution in [0.2, 0.25) is 0 Å². The summed E-state index contributed by atoms with van der Waals surface area (Å²) < 4.78 is 5.24. The summed E-state index contributed by atoms with van der Waals surface area (Å²) in [5.74, 6) is 0.890. The molecule has 0 amide bonds. The van der Waals surface area contributed by atoms with Gasteiger partial charge in [0.1, 0.15) is 5.75 Å². The highest BCUT2D eigenvalue weighted by molar-refractivity contribution is 5.51. The molecule has 1 aliphatic carbocycles. The van der Waals surface area contributed by atoms with Gasteiger partial charge in [-0.2, -0.15) is 0 Å². The molecular formula is C15H22N2O. The number of nitrogens with one attached hydrogen (secondary N) is 1. The maximum absolute atomic E-state index is 5.24. The van der Waals surface area contributed by atoms with Crippen LogP contribution in [0, 0.1) is 0 Å². The summed E-state index contributed by atoms with van der Waals surface area (Å²) >= 11 is 0. The van der Waals surface area contributed by atoms with Gasteiger partial charge in [0.15, 0.2) is 0 Å². The molecule has 1 aliphatic rings. The maximum atomic E-state index is 5.24. The quantitative estimate of drug-likeness (QED) is 0.748. The van der Waals surface area contributed by atoms with E-state index in [0.29, 0.717) is 0 Å². The Hall–Kier alpha value is -1.48. The Morgan fingerprint density at radius 1 is 1.50 bits per heavy atom. The summed E-state index contributed by atoms with van der Waals surface area (Å²) in [6, 6.07) is 8.84. The van der Waals surface area contributed by atoms with Crippen LogP contribution in [0.5, 0.6) is 5.75 Å². The third kappa shape index (κ3) is 3.77. The Bertz CT molecular complexity index is 413. The van der Waals surface area contributed by atoms with Crippen molar-refractivity contribution in [1.29, 1.82) is 0 Å². The van der Waals surface area contributed by atoms with Crippen molar-refractivity contribution in [1.82, 2.24) is 5.32 Å². The van der Waals surface area contributed by atoms with Crippen LogP contribution in [-0.2, 0) is 0 Å². The molecule has 1 fully saturated rings. The van der Waals surface area contributed by atoms with Crippen LogP contribution in [0.4, 0.5) is 5.69 Å². The molecule has 0 bridgehead atoms. The Morgan fingerprint density at radius 3 is 2.94 bits per heavy atom. The largest absolute Gasteiger partial charge is 0.497 e. The first kappa shape index (κ1) is 13.0. The second kappa shape index (κ2) is 5.91. The number of methoxy groups -OCH3 is 1. The zero-order chi connectivity index (χ0) is 13.0. The lowest BCUT2D eigenvalue weighted by atomic mass is 10.2. The zero-order valence-electron chi connectivity index (χ0n) is 11.3. The van der Waals surface area contributed by atoms with Crippen LogP contribution in [-0.4, -0.2) is 33.3 Å². The van der Waals surface area contributed by atoms with Gasteiger partial charge in [-0.3, -0.25) is 0 Å². The fourth-order valence-electron chi connectivity index (χ4n) is 1.91. The first-order chi connectivity index (χ1) is 8.69. The molecule has 0 radical (unpaired) electrons. The van der Waals surface area contributed by atoms with Gasteiger partial charge in [-0.15, -0.1) is 0 Å². The molecule has 0 spiro atoms. The van der Waals surface area contributed by atoms with Gasteiger partial charge in [-0.05, 0) is 30.5 Å². The first-order valence-electron chi connectivity index (χ1n) is 6.44. The van der Waals surface area contributed by atoms with E-state index in [1.54, 1.807) is 7.11 Å². The van der Waals surface area contributed by atoms with Crippen LogP contribution in [0.1, 0.15) is 12.8 Å². The second-order valence-corrected chi connectivity index (χ2v) is 4.96. The molecule has 0 unspecified atom stereocenters. The molecule has 1 N–H and O–H groups in total. The molecule has 0 atom stereocenters. The van der Waals surface area contributed by atoms with Crippen molar-refractivity contribution in [3.8, 4) is 5.75 Å². The van der Waals surface area contributed by atoms with E-state index >= 15 is 0 Å². The minimum Gasteiger partial charge on any atom is -0.497 e. The topological polar surface area (TPSA) is 24.5 Å². The zero-order valence-corrected chi connectivity index (χ0v) is 11.3. The predicted molar refractivity (Wildman–Crippen MR) is 76.4 cm³/mol. The lowest BCUT2D eigenvalue weighted by molar-refractivity contribution is 0.415. The normalized spacial score (nSPS) is 14.3. The molecule has 0 aromatic heterocycles. The SMILES string of the molecule is C=C(CNC1CC1)CN(C)c1cccc(OC)c1. The average Bonchev–Trinajstić information content (AvgIpc) is 3.20. The Balaban J connectivity index is 1.84. The van der Waals surface area contributed by atoms with Gasteiger partial charge in [0.2, 0.25) is 0 Å². The number of rotatable bonds is 7. The highest BCUT2D eigenvalue weighted by Crippen LogP contribution is 2.21. The smallest absolute Gasteiger partial charge is 0.120 e. The average molecular weight is 246 g/mol. The summed E-state index contributed by atoms with van der Waals surface area (Å²) in [4.78, 5) is 2.19. The molecule has 3 heteroatoms. The Morgan fingerprint density at radius 2 is 2.28 bits per heavy atom. The van der Waals surface area contributed by atoms with Crippen LogP contribution in [0.15, 0.2) is 36.4 Å². The molecule has 98 valence electrons. The van der Waals surface area contributed by atoms with Crippen LogP contribution < -0.4 is 15.0 Å². The van der Waals surface area contributed by atoms with E-state index in [2.05, 4.69) is 29.9 Å². The Labute approximate surface area is 109 Å². The predicted octanol–water partition coefficient (Wildman–Crippen LogP) is 2.44.